The number of nitrogens with two attached hydrogens (primary N) is 1. The number of hydrogen-bond donors (Lipinski definition) is 1. The van der Waals surface area contributed by atoms with Gasteiger partial charge in [0.15, 0.2) is 0 Å². The molecule has 0 spiro atoms. The lowest BCUT2D eigenvalue weighted by molar-refractivity contribution is 0.375. The maximum Gasteiger partial charge on any atom is 0.316 e. The van der Waals surface area contributed by atoms with Gasteiger partial charge >= 0.3 is 6.01 Å². The highest BCUT2D eigenvalue weighted by Gasteiger charge is 2.07. The molecule has 4 nitrogen and oxygen atoms in total. The van der Waals surface area contributed by atoms with Crippen molar-refractivity contribution in [3.05, 3.63) is 17.5 Å². The summed E-state index contributed by atoms with van der Waals surface area (Å²) >= 11 is 0. The molecule has 78 valence electrons. The van der Waals surface area contributed by atoms with Crippen LogP contribution >= 0.6 is 0 Å². The molecule has 0 saturated carbocycles. The summed E-state index contributed by atoms with van der Waals surface area (Å²) in [5, 5.41) is 0. The summed E-state index contributed by atoms with van der Waals surface area (Å²) in [5.41, 5.74) is 7.42. The number of hydrogen-bond acceptors (Lipinski definition) is 4. The van der Waals surface area contributed by atoms with E-state index in [1.807, 2.05) is 6.07 Å². The molecule has 0 aliphatic rings. The fraction of sp³-hybridized carbons (Fsp3) is 0.600. The molecule has 0 saturated heterocycles. The number of aromatic nitrogens is 2. The van der Waals surface area contributed by atoms with Crippen LogP contribution in [0.5, 0.6) is 6.01 Å². The quantitative estimate of drug-likeness (QED) is 0.781. The largest absolute Gasteiger partial charge is 0.467 e. The molecule has 1 heterocycles. The van der Waals surface area contributed by atoms with Gasteiger partial charge in [0.2, 0.25) is 0 Å². The minimum atomic E-state index is 0.378. The van der Waals surface area contributed by atoms with E-state index >= 15 is 0 Å². The van der Waals surface area contributed by atoms with Crippen LogP contribution in [0.1, 0.15) is 31.2 Å². The maximum atomic E-state index is 5.48. The van der Waals surface area contributed by atoms with Crippen LogP contribution in [-0.2, 0) is 6.42 Å². The van der Waals surface area contributed by atoms with Gasteiger partial charge in [-0.2, -0.15) is 4.98 Å². The fourth-order valence-electron chi connectivity index (χ4n) is 1.16. The minimum Gasteiger partial charge on any atom is -0.467 e. The molecule has 4 heteroatoms. The molecule has 1 aromatic rings. The topological polar surface area (TPSA) is 61.0 Å². The van der Waals surface area contributed by atoms with Crippen LogP contribution in [0, 0.1) is 0 Å². The van der Waals surface area contributed by atoms with Crippen molar-refractivity contribution >= 4 is 0 Å². The third kappa shape index (κ3) is 2.67. The first kappa shape index (κ1) is 10.9. The van der Waals surface area contributed by atoms with Crippen molar-refractivity contribution < 1.29 is 4.74 Å². The van der Waals surface area contributed by atoms with E-state index in [-0.39, 0.29) is 0 Å². The normalized spacial score (nSPS) is 10.6. The maximum absolute atomic E-state index is 5.48. The van der Waals surface area contributed by atoms with E-state index in [2.05, 4.69) is 23.8 Å². The highest BCUT2D eigenvalue weighted by molar-refractivity contribution is 5.16. The molecule has 0 atom stereocenters. The summed E-state index contributed by atoms with van der Waals surface area (Å²) in [6.07, 6.45) is 0.763. The number of methoxy groups -OCH3 is 1. The monoisotopic (exact) mass is 195 g/mol. The highest BCUT2D eigenvalue weighted by Crippen LogP contribution is 2.15. The van der Waals surface area contributed by atoms with Crippen molar-refractivity contribution in [2.24, 2.45) is 5.73 Å². The van der Waals surface area contributed by atoms with E-state index in [9.17, 15) is 0 Å². The van der Waals surface area contributed by atoms with Crippen LogP contribution in [0.25, 0.3) is 0 Å². The summed E-state index contributed by atoms with van der Waals surface area (Å²) in [5.74, 6) is 0.378. The first-order valence-corrected chi connectivity index (χ1v) is 4.79. The Hall–Kier alpha value is -1.16. The van der Waals surface area contributed by atoms with E-state index < -0.39 is 0 Å². The smallest absolute Gasteiger partial charge is 0.316 e. The Balaban J connectivity index is 3.00. The van der Waals surface area contributed by atoms with E-state index in [0.29, 0.717) is 18.5 Å². The standard InChI is InChI=1S/C10H17N3O/c1-7(2)9-6-8(4-5-11)12-10(13-9)14-3/h6-7H,4-5,11H2,1-3H3. The third-order valence-electron chi connectivity index (χ3n) is 1.95. The molecule has 2 N–H and O–H groups in total. The molecule has 0 bridgehead atoms. The Morgan fingerprint density at radius 3 is 2.64 bits per heavy atom. The first-order chi connectivity index (χ1) is 6.67. The minimum absolute atomic E-state index is 0.378. The molecule has 0 aromatic carbocycles. The Kier molecular flexibility index (Phi) is 3.83. The second-order valence-corrected chi connectivity index (χ2v) is 3.46. The van der Waals surface area contributed by atoms with Crippen molar-refractivity contribution in [3.63, 3.8) is 0 Å². The zero-order chi connectivity index (χ0) is 10.6. The second kappa shape index (κ2) is 4.91. The third-order valence-corrected chi connectivity index (χ3v) is 1.95. The van der Waals surface area contributed by atoms with E-state index in [0.717, 1.165) is 17.8 Å². The van der Waals surface area contributed by atoms with Gasteiger partial charge in [0.05, 0.1) is 12.8 Å². The van der Waals surface area contributed by atoms with Gasteiger partial charge in [-0.25, -0.2) is 4.98 Å². The van der Waals surface area contributed by atoms with Crippen LogP contribution in [0.4, 0.5) is 0 Å². The van der Waals surface area contributed by atoms with Gasteiger partial charge in [0.1, 0.15) is 0 Å². The molecule has 1 aromatic heterocycles. The summed E-state index contributed by atoms with van der Waals surface area (Å²) in [4.78, 5) is 8.47. The Morgan fingerprint density at radius 1 is 1.43 bits per heavy atom. The molecule has 14 heavy (non-hydrogen) atoms. The van der Waals surface area contributed by atoms with Crippen LogP contribution in [0.3, 0.4) is 0 Å². The average molecular weight is 195 g/mol. The van der Waals surface area contributed by atoms with Gasteiger partial charge < -0.3 is 10.5 Å². The fourth-order valence-corrected chi connectivity index (χ4v) is 1.16. The van der Waals surface area contributed by atoms with E-state index in [4.69, 9.17) is 10.5 Å². The lowest BCUT2D eigenvalue weighted by Crippen LogP contribution is -2.08. The second-order valence-electron chi connectivity index (χ2n) is 3.46. The lowest BCUT2D eigenvalue weighted by Gasteiger charge is -2.08. The van der Waals surface area contributed by atoms with Gasteiger partial charge in [-0.15, -0.1) is 0 Å². The van der Waals surface area contributed by atoms with E-state index in [1.54, 1.807) is 7.11 Å². The highest BCUT2D eigenvalue weighted by atomic mass is 16.5. The van der Waals surface area contributed by atoms with Crippen molar-refractivity contribution in [2.45, 2.75) is 26.2 Å². The summed E-state index contributed by atoms with van der Waals surface area (Å²) in [6, 6.07) is 2.42. The molecule has 1 rings (SSSR count). The van der Waals surface area contributed by atoms with Crippen molar-refractivity contribution in [3.8, 4) is 6.01 Å². The van der Waals surface area contributed by atoms with Crippen LogP contribution < -0.4 is 10.5 Å². The van der Waals surface area contributed by atoms with Crippen LogP contribution in [0.15, 0.2) is 6.07 Å². The lowest BCUT2D eigenvalue weighted by atomic mass is 10.1. The molecule has 0 aliphatic carbocycles. The predicted octanol–water partition coefficient (Wildman–Crippen LogP) is 1.11. The van der Waals surface area contributed by atoms with Gasteiger partial charge in [0.25, 0.3) is 0 Å². The molecule has 0 amide bonds. The Morgan fingerprint density at radius 2 is 2.14 bits per heavy atom. The Bertz CT molecular complexity index is 299. The number of rotatable bonds is 4. The molecular formula is C10H17N3O. The predicted molar refractivity (Wildman–Crippen MR) is 55.4 cm³/mol. The van der Waals surface area contributed by atoms with Crippen LogP contribution in [-0.4, -0.2) is 23.6 Å². The van der Waals surface area contributed by atoms with Gasteiger partial charge in [-0.1, -0.05) is 13.8 Å². The first-order valence-electron chi connectivity index (χ1n) is 4.79. The molecular weight excluding hydrogens is 178 g/mol. The molecule has 0 aliphatic heterocycles. The Labute approximate surface area is 84.5 Å². The van der Waals surface area contributed by atoms with Gasteiger partial charge in [-0.05, 0) is 18.5 Å². The van der Waals surface area contributed by atoms with Crippen molar-refractivity contribution in [1.29, 1.82) is 0 Å². The molecule has 0 unspecified atom stereocenters. The number of nitrogens with zero attached hydrogens (tertiary/aromatic N) is 2. The van der Waals surface area contributed by atoms with Crippen LogP contribution in [0.2, 0.25) is 0 Å². The summed E-state index contributed by atoms with van der Waals surface area (Å²) in [7, 11) is 1.58. The average Bonchev–Trinajstić information content (AvgIpc) is 2.17. The van der Waals surface area contributed by atoms with Gasteiger partial charge in [-0.3, -0.25) is 0 Å². The summed E-state index contributed by atoms with van der Waals surface area (Å²) < 4.78 is 5.03. The molecule has 0 radical (unpaired) electrons. The summed E-state index contributed by atoms with van der Waals surface area (Å²) in [6.45, 7) is 4.78. The van der Waals surface area contributed by atoms with Crippen molar-refractivity contribution in [2.75, 3.05) is 13.7 Å². The zero-order valence-electron chi connectivity index (χ0n) is 8.95. The van der Waals surface area contributed by atoms with Crippen molar-refractivity contribution in [1.82, 2.24) is 9.97 Å². The number of ether oxygens (including phenoxy) is 1. The van der Waals surface area contributed by atoms with E-state index in [1.165, 1.54) is 0 Å². The molecule has 0 fully saturated rings. The van der Waals surface area contributed by atoms with Gasteiger partial charge in [0, 0.05) is 12.1 Å². The zero-order valence-corrected chi connectivity index (χ0v) is 8.95. The SMILES string of the molecule is COc1nc(CCN)cc(C(C)C)n1.